The summed E-state index contributed by atoms with van der Waals surface area (Å²) < 4.78 is 0. The fourth-order valence-electron chi connectivity index (χ4n) is 3.69. The van der Waals surface area contributed by atoms with Crippen molar-refractivity contribution in [1.82, 2.24) is 4.90 Å². The molecule has 0 unspecified atom stereocenters. The zero-order valence-corrected chi connectivity index (χ0v) is 19.9. The first-order valence-electron chi connectivity index (χ1n) is 12.4. The van der Waals surface area contributed by atoms with Crippen molar-refractivity contribution in [3.63, 3.8) is 0 Å². The second-order valence-corrected chi connectivity index (χ2v) is 8.28. The lowest BCUT2D eigenvalue weighted by molar-refractivity contribution is -0.134. The monoisotopic (exact) mass is 423 g/mol. The predicted molar refractivity (Wildman–Crippen MR) is 130 cm³/mol. The summed E-state index contributed by atoms with van der Waals surface area (Å²) in [5.74, 6) is 0.478. The van der Waals surface area contributed by atoms with E-state index in [1.54, 1.807) is 0 Å². The summed E-state index contributed by atoms with van der Waals surface area (Å²) in [7, 11) is 0. The Hall–Kier alpha value is -1.36. The molecule has 1 aliphatic rings. The van der Waals surface area contributed by atoms with E-state index < -0.39 is 5.97 Å². The number of aliphatic carboxylic acids is 1. The van der Waals surface area contributed by atoms with Crippen molar-refractivity contribution in [2.75, 3.05) is 26.2 Å². The van der Waals surface area contributed by atoms with E-state index in [0.29, 0.717) is 0 Å². The van der Waals surface area contributed by atoms with Crippen LogP contribution >= 0.6 is 0 Å². The topological polar surface area (TPSA) is 78.9 Å². The lowest BCUT2D eigenvalue weighted by Gasteiger charge is -2.19. The van der Waals surface area contributed by atoms with Crippen molar-refractivity contribution in [1.29, 1.82) is 0 Å². The second-order valence-electron chi connectivity index (χ2n) is 8.28. The van der Waals surface area contributed by atoms with E-state index in [9.17, 15) is 0 Å². The van der Waals surface area contributed by atoms with Gasteiger partial charge < -0.3 is 15.7 Å². The van der Waals surface area contributed by atoms with Gasteiger partial charge in [0.25, 0.3) is 5.97 Å². The highest BCUT2D eigenvalue weighted by atomic mass is 16.4. The lowest BCUT2D eigenvalue weighted by atomic mass is 10.1. The maximum atomic E-state index is 9.00. The van der Waals surface area contributed by atoms with Gasteiger partial charge in [0.15, 0.2) is 0 Å². The molecule has 3 N–H and O–H groups in total. The number of rotatable bonds is 18. The molecule has 176 valence electrons. The minimum absolute atomic E-state index is 0.742. The summed E-state index contributed by atoms with van der Waals surface area (Å²) in [5, 5.41) is 7.42. The summed E-state index contributed by atoms with van der Waals surface area (Å²) >= 11 is 0. The molecule has 30 heavy (non-hydrogen) atoms. The summed E-state index contributed by atoms with van der Waals surface area (Å²) in [6, 6.07) is 0. The summed E-state index contributed by atoms with van der Waals surface area (Å²) in [4.78, 5) is 16.0. The molecular formula is C25H49N3O2. The van der Waals surface area contributed by atoms with Gasteiger partial charge in [-0.2, -0.15) is 0 Å². The van der Waals surface area contributed by atoms with E-state index in [1.807, 2.05) is 0 Å². The predicted octanol–water partition coefficient (Wildman–Crippen LogP) is 6.18. The van der Waals surface area contributed by atoms with Crippen molar-refractivity contribution in [2.45, 2.75) is 110 Å². The molecule has 0 aromatic rings. The van der Waals surface area contributed by atoms with Crippen molar-refractivity contribution in [3.8, 4) is 0 Å². The summed E-state index contributed by atoms with van der Waals surface area (Å²) in [6.45, 7) is 7.14. The van der Waals surface area contributed by atoms with Gasteiger partial charge in [0, 0.05) is 33.0 Å². The fourth-order valence-corrected chi connectivity index (χ4v) is 3.69. The first kappa shape index (κ1) is 28.6. The molecule has 0 atom stereocenters. The van der Waals surface area contributed by atoms with Crippen LogP contribution < -0.4 is 5.73 Å². The number of amidine groups is 1. The molecule has 1 rings (SSSR count). The second kappa shape index (κ2) is 22.3. The van der Waals surface area contributed by atoms with Crippen molar-refractivity contribution >= 4 is 11.8 Å². The summed E-state index contributed by atoms with van der Waals surface area (Å²) in [6.07, 6.45) is 25.1. The highest BCUT2D eigenvalue weighted by Crippen LogP contribution is 2.13. The van der Waals surface area contributed by atoms with Crippen LogP contribution in [0.1, 0.15) is 110 Å². The van der Waals surface area contributed by atoms with Crippen LogP contribution in [0.25, 0.3) is 0 Å². The van der Waals surface area contributed by atoms with Crippen LogP contribution in [-0.2, 0) is 4.79 Å². The maximum Gasteiger partial charge on any atom is 0.300 e. The summed E-state index contributed by atoms with van der Waals surface area (Å²) in [5.41, 5.74) is 5.66. The number of carbonyl (C=O) groups is 1. The zero-order valence-electron chi connectivity index (χ0n) is 19.9. The van der Waals surface area contributed by atoms with Gasteiger partial charge in [-0.3, -0.25) is 9.79 Å². The van der Waals surface area contributed by atoms with E-state index in [4.69, 9.17) is 15.6 Å². The van der Waals surface area contributed by atoms with E-state index >= 15 is 0 Å². The first-order valence-corrected chi connectivity index (χ1v) is 12.4. The van der Waals surface area contributed by atoms with Crippen LogP contribution in [0.4, 0.5) is 0 Å². The fraction of sp³-hybridized carbons (Fsp3) is 0.840. The Kier molecular flexibility index (Phi) is 21.3. The average molecular weight is 424 g/mol. The quantitative estimate of drug-likeness (QED) is 0.204. The van der Waals surface area contributed by atoms with Gasteiger partial charge in [-0.1, -0.05) is 76.9 Å². The Morgan fingerprint density at radius 2 is 1.47 bits per heavy atom. The molecule has 5 nitrogen and oxygen atoms in total. The minimum Gasteiger partial charge on any atom is -0.481 e. The standard InChI is InChI=1S/C23H45N3.C2H4O2/c1-2-3-4-5-6-7-8-9-10-11-12-13-14-15-16-17-18-23-25-20-22-26(23)21-19-24;1-2(3)4/h9-10H,2-8,11-22,24H2,1H3;1H3,(H,3,4). The molecule has 1 aliphatic heterocycles. The number of nitrogens with two attached hydrogens (primary N) is 1. The molecule has 0 saturated carbocycles. The van der Waals surface area contributed by atoms with Crippen molar-refractivity contribution in [2.24, 2.45) is 10.7 Å². The van der Waals surface area contributed by atoms with Crippen LogP contribution in [0.2, 0.25) is 0 Å². The molecule has 5 heteroatoms. The number of aliphatic imine (C=N–C) groups is 1. The van der Waals surface area contributed by atoms with E-state index in [1.165, 1.54) is 95.7 Å². The van der Waals surface area contributed by atoms with Gasteiger partial charge in [-0.25, -0.2) is 0 Å². The number of nitrogens with zero attached hydrogens (tertiary/aromatic N) is 2. The number of carboxylic acid groups (broad SMARTS) is 1. The number of unbranched alkanes of at least 4 members (excludes halogenated alkanes) is 12. The third-order valence-electron chi connectivity index (χ3n) is 5.34. The van der Waals surface area contributed by atoms with Gasteiger partial charge in [0.05, 0.1) is 12.4 Å². The molecule has 0 bridgehead atoms. The highest BCUT2D eigenvalue weighted by molar-refractivity contribution is 5.83. The van der Waals surface area contributed by atoms with Crippen LogP contribution in [0.15, 0.2) is 17.1 Å². The normalized spacial score (nSPS) is 13.4. The molecule has 0 spiro atoms. The highest BCUT2D eigenvalue weighted by Gasteiger charge is 2.14. The molecule has 0 aromatic carbocycles. The van der Waals surface area contributed by atoms with Gasteiger partial charge >= 0.3 is 0 Å². The third kappa shape index (κ3) is 19.9. The third-order valence-corrected chi connectivity index (χ3v) is 5.34. The lowest BCUT2D eigenvalue weighted by Crippen LogP contribution is -2.32. The van der Waals surface area contributed by atoms with Crippen LogP contribution in [0.3, 0.4) is 0 Å². The van der Waals surface area contributed by atoms with Crippen LogP contribution in [0, 0.1) is 0 Å². The molecule has 1 heterocycles. The SMILES string of the molecule is CC(=O)O.CCCCCCCCC=CCCCCCCCCC1=NCCN1CCN. The smallest absolute Gasteiger partial charge is 0.300 e. The van der Waals surface area contributed by atoms with Gasteiger partial charge in [-0.05, 0) is 32.1 Å². The Morgan fingerprint density at radius 3 is 2.00 bits per heavy atom. The first-order chi connectivity index (χ1) is 14.6. The van der Waals surface area contributed by atoms with Gasteiger partial charge in [-0.15, -0.1) is 0 Å². The largest absolute Gasteiger partial charge is 0.481 e. The Labute approximate surface area is 186 Å². The Bertz CT molecular complexity index is 446. The minimum atomic E-state index is -0.833. The molecule has 0 saturated heterocycles. The Balaban J connectivity index is 0.00000192. The number of hydrogen-bond acceptors (Lipinski definition) is 4. The molecule has 0 aliphatic carbocycles. The van der Waals surface area contributed by atoms with E-state index in [-0.39, 0.29) is 0 Å². The van der Waals surface area contributed by atoms with Crippen molar-refractivity contribution in [3.05, 3.63) is 12.2 Å². The van der Waals surface area contributed by atoms with Crippen LogP contribution in [-0.4, -0.2) is 48.0 Å². The number of carboxylic acids is 1. The van der Waals surface area contributed by atoms with E-state index in [0.717, 1.165) is 39.5 Å². The van der Waals surface area contributed by atoms with E-state index in [2.05, 4.69) is 29.0 Å². The van der Waals surface area contributed by atoms with Gasteiger partial charge in [0.2, 0.25) is 0 Å². The molecule has 0 fully saturated rings. The molecular weight excluding hydrogens is 374 g/mol. The Morgan fingerprint density at radius 1 is 0.967 bits per heavy atom. The maximum absolute atomic E-state index is 9.00. The number of allylic oxidation sites excluding steroid dienone is 2. The van der Waals surface area contributed by atoms with Gasteiger partial charge in [0.1, 0.15) is 0 Å². The molecule has 0 aromatic heterocycles. The number of hydrogen-bond donors (Lipinski definition) is 2. The molecule has 0 radical (unpaired) electrons. The zero-order chi connectivity index (χ0) is 22.3. The van der Waals surface area contributed by atoms with Crippen LogP contribution in [0.5, 0.6) is 0 Å². The average Bonchev–Trinajstić information content (AvgIpc) is 3.14. The van der Waals surface area contributed by atoms with Crippen molar-refractivity contribution < 1.29 is 9.90 Å². The molecule has 0 amide bonds.